The van der Waals surface area contributed by atoms with E-state index in [0.717, 1.165) is 38.0 Å². The SMILES string of the molecule is Cc1noc([C@H]2CCCN(C(=O)N3CCc4ccccc43)C2)n1. The lowest BCUT2D eigenvalue weighted by molar-refractivity contribution is 0.178. The fraction of sp³-hybridized carbons (Fsp3) is 0.471. The van der Waals surface area contributed by atoms with Crippen LogP contribution in [0.3, 0.4) is 0 Å². The lowest BCUT2D eigenvalue weighted by Crippen LogP contribution is -2.46. The molecule has 2 aliphatic rings. The zero-order valence-electron chi connectivity index (χ0n) is 13.2. The number of nitrogens with zero attached hydrogens (tertiary/aromatic N) is 4. The van der Waals surface area contributed by atoms with Crippen molar-refractivity contribution in [3.63, 3.8) is 0 Å². The van der Waals surface area contributed by atoms with Crippen molar-refractivity contribution in [2.45, 2.75) is 32.1 Å². The van der Waals surface area contributed by atoms with E-state index in [2.05, 4.69) is 16.2 Å². The molecule has 1 saturated heterocycles. The van der Waals surface area contributed by atoms with Crippen LogP contribution >= 0.6 is 0 Å². The van der Waals surface area contributed by atoms with Gasteiger partial charge in [-0.25, -0.2) is 4.79 Å². The molecule has 0 bridgehead atoms. The summed E-state index contributed by atoms with van der Waals surface area (Å²) in [6.45, 7) is 4.03. The molecule has 2 aliphatic heterocycles. The number of para-hydroxylation sites is 1. The molecule has 0 radical (unpaired) electrons. The van der Waals surface area contributed by atoms with Crippen molar-refractivity contribution in [2.24, 2.45) is 0 Å². The molecule has 3 heterocycles. The van der Waals surface area contributed by atoms with E-state index in [-0.39, 0.29) is 11.9 Å². The Morgan fingerprint density at radius 1 is 1.30 bits per heavy atom. The maximum absolute atomic E-state index is 12.9. The van der Waals surface area contributed by atoms with Gasteiger partial charge in [-0.1, -0.05) is 23.4 Å². The van der Waals surface area contributed by atoms with Crippen molar-refractivity contribution < 1.29 is 9.32 Å². The van der Waals surface area contributed by atoms with Gasteiger partial charge in [-0.2, -0.15) is 4.98 Å². The van der Waals surface area contributed by atoms with Gasteiger partial charge >= 0.3 is 6.03 Å². The first-order valence-corrected chi connectivity index (χ1v) is 8.17. The Morgan fingerprint density at radius 2 is 2.17 bits per heavy atom. The largest absolute Gasteiger partial charge is 0.339 e. The van der Waals surface area contributed by atoms with Crippen LogP contribution in [0.25, 0.3) is 0 Å². The summed E-state index contributed by atoms with van der Waals surface area (Å²) in [6.07, 6.45) is 2.89. The number of fused-ring (bicyclic) bond motifs is 1. The maximum atomic E-state index is 12.9. The molecule has 120 valence electrons. The summed E-state index contributed by atoms with van der Waals surface area (Å²) in [6, 6.07) is 8.24. The van der Waals surface area contributed by atoms with E-state index < -0.39 is 0 Å². The molecule has 1 aromatic heterocycles. The van der Waals surface area contributed by atoms with Gasteiger partial charge in [0.15, 0.2) is 5.82 Å². The van der Waals surface area contributed by atoms with Crippen molar-refractivity contribution in [2.75, 3.05) is 24.5 Å². The van der Waals surface area contributed by atoms with Crippen LogP contribution in [-0.2, 0) is 6.42 Å². The molecule has 0 aliphatic carbocycles. The van der Waals surface area contributed by atoms with Crippen LogP contribution in [0.1, 0.15) is 36.0 Å². The summed E-state index contributed by atoms with van der Waals surface area (Å²) in [7, 11) is 0. The number of urea groups is 1. The van der Waals surface area contributed by atoms with E-state index in [9.17, 15) is 4.79 Å². The molecule has 23 heavy (non-hydrogen) atoms. The van der Waals surface area contributed by atoms with Gasteiger partial charge in [0, 0.05) is 25.3 Å². The van der Waals surface area contributed by atoms with Crippen molar-refractivity contribution in [3.05, 3.63) is 41.5 Å². The molecule has 0 saturated carbocycles. The van der Waals surface area contributed by atoms with Gasteiger partial charge in [0.2, 0.25) is 5.89 Å². The van der Waals surface area contributed by atoms with Crippen LogP contribution < -0.4 is 4.90 Å². The third kappa shape index (κ3) is 2.58. The van der Waals surface area contributed by atoms with Gasteiger partial charge in [-0.15, -0.1) is 0 Å². The minimum absolute atomic E-state index is 0.0934. The van der Waals surface area contributed by atoms with Gasteiger partial charge in [0.25, 0.3) is 0 Å². The van der Waals surface area contributed by atoms with Gasteiger partial charge in [0.05, 0.1) is 5.92 Å². The van der Waals surface area contributed by atoms with Crippen molar-refractivity contribution in [1.29, 1.82) is 0 Å². The fourth-order valence-electron chi connectivity index (χ4n) is 3.54. The van der Waals surface area contributed by atoms with E-state index in [4.69, 9.17) is 4.52 Å². The molecule has 1 atom stereocenters. The van der Waals surface area contributed by atoms with Crippen molar-refractivity contribution in [1.82, 2.24) is 15.0 Å². The van der Waals surface area contributed by atoms with Crippen LogP contribution in [0, 0.1) is 6.92 Å². The average molecular weight is 312 g/mol. The predicted molar refractivity (Wildman–Crippen MR) is 85.5 cm³/mol. The second kappa shape index (κ2) is 5.68. The summed E-state index contributed by atoms with van der Waals surface area (Å²) < 4.78 is 5.30. The molecule has 6 nitrogen and oxygen atoms in total. The monoisotopic (exact) mass is 312 g/mol. The number of piperidine rings is 1. The fourth-order valence-corrected chi connectivity index (χ4v) is 3.54. The molecule has 6 heteroatoms. The first-order chi connectivity index (χ1) is 11.2. The number of aryl methyl sites for hydroxylation is 1. The van der Waals surface area contributed by atoms with E-state index in [1.807, 2.05) is 34.9 Å². The molecule has 2 amide bonds. The molecule has 1 aromatic carbocycles. The second-order valence-electron chi connectivity index (χ2n) is 6.28. The summed E-state index contributed by atoms with van der Waals surface area (Å²) in [5.41, 5.74) is 2.30. The summed E-state index contributed by atoms with van der Waals surface area (Å²) in [5, 5.41) is 3.87. The Morgan fingerprint density at radius 3 is 3.00 bits per heavy atom. The maximum Gasteiger partial charge on any atom is 0.324 e. The highest BCUT2D eigenvalue weighted by Gasteiger charge is 2.33. The second-order valence-corrected chi connectivity index (χ2v) is 6.28. The number of likely N-dealkylation sites (tertiary alicyclic amines) is 1. The Labute approximate surface area is 135 Å². The van der Waals surface area contributed by atoms with Crippen molar-refractivity contribution in [3.8, 4) is 0 Å². The quantitative estimate of drug-likeness (QED) is 0.812. The number of carbonyl (C=O) groups is 1. The molecular weight excluding hydrogens is 292 g/mol. The summed E-state index contributed by atoms with van der Waals surface area (Å²) in [5.74, 6) is 1.45. The summed E-state index contributed by atoms with van der Waals surface area (Å²) in [4.78, 5) is 21.1. The number of hydrogen-bond acceptors (Lipinski definition) is 4. The molecule has 0 unspecified atom stereocenters. The minimum atomic E-state index is 0.0934. The van der Waals surface area contributed by atoms with Gasteiger partial charge in [-0.3, -0.25) is 4.90 Å². The van der Waals surface area contributed by atoms with Gasteiger partial charge in [0.1, 0.15) is 0 Å². The number of hydrogen-bond donors (Lipinski definition) is 0. The third-order valence-electron chi connectivity index (χ3n) is 4.70. The summed E-state index contributed by atoms with van der Waals surface area (Å²) >= 11 is 0. The highest BCUT2D eigenvalue weighted by atomic mass is 16.5. The predicted octanol–water partition coefficient (Wildman–Crippen LogP) is 2.74. The number of aromatic nitrogens is 2. The number of anilines is 1. The highest BCUT2D eigenvalue weighted by Crippen LogP contribution is 2.31. The molecule has 4 rings (SSSR count). The minimum Gasteiger partial charge on any atom is -0.339 e. The number of benzene rings is 1. The zero-order valence-corrected chi connectivity index (χ0v) is 13.2. The van der Waals surface area contributed by atoms with E-state index in [1.165, 1.54) is 5.56 Å². The Hall–Kier alpha value is -2.37. The first-order valence-electron chi connectivity index (χ1n) is 8.17. The van der Waals surface area contributed by atoms with Crippen LogP contribution in [0.4, 0.5) is 10.5 Å². The number of rotatable bonds is 1. The first kappa shape index (κ1) is 14.2. The standard InChI is InChI=1S/C17H20N4O2/c1-12-18-16(23-19-12)14-6-4-9-20(11-14)17(22)21-10-8-13-5-2-3-7-15(13)21/h2-3,5,7,14H,4,6,8-11H2,1H3/t14-/m0/s1. The van der Waals surface area contributed by atoms with Crippen LogP contribution in [-0.4, -0.2) is 40.7 Å². The lowest BCUT2D eigenvalue weighted by atomic mass is 9.98. The third-order valence-corrected chi connectivity index (χ3v) is 4.70. The molecule has 0 spiro atoms. The van der Waals surface area contributed by atoms with E-state index >= 15 is 0 Å². The Bertz CT molecular complexity index is 727. The lowest BCUT2D eigenvalue weighted by Gasteiger charge is -2.34. The van der Waals surface area contributed by atoms with Crippen LogP contribution in [0.5, 0.6) is 0 Å². The highest BCUT2D eigenvalue weighted by molar-refractivity contribution is 5.94. The molecular formula is C17H20N4O2. The molecule has 2 aromatic rings. The van der Waals surface area contributed by atoms with Crippen LogP contribution in [0.2, 0.25) is 0 Å². The van der Waals surface area contributed by atoms with Gasteiger partial charge in [-0.05, 0) is 37.8 Å². The Kier molecular flexibility index (Phi) is 3.52. The smallest absolute Gasteiger partial charge is 0.324 e. The normalized spacial score (nSPS) is 20.7. The van der Waals surface area contributed by atoms with Gasteiger partial charge < -0.3 is 9.42 Å². The van der Waals surface area contributed by atoms with Crippen LogP contribution in [0.15, 0.2) is 28.8 Å². The number of amides is 2. The Balaban J connectivity index is 1.51. The van der Waals surface area contributed by atoms with Crippen molar-refractivity contribution >= 4 is 11.7 Å². The molecule has 0 N–H and O–H groups in total. The zero-order chi connectivity index (χ0) is 15.8. The van der Waals surface area contributed by atoms with E-state index in [0.29, 0.717) is 18.3 Å². The average Bonchev–Trinajstić information content (AvgIpc) is 3.20. The van der Waals surface area contributed by atoms with E-state index in [1.54, 1.807) is 0 Å². The number of carbonyl (C=O) groups excluding carboxylic acids is 1. The molecule has 1 fully saturated rings. The topological polar surface area (TPSA) is 62.5 Å².